The first kappa shape index (κ1) is 9.21. The van der Waals surface area contributed by atoms with Gasteiger partial charge in [0.25, 0.3) is 0 Å². The minimum Gasteiger partial charge on any atom is -0.463 e. The Morgan fingerprint density at radius 3 is 2.71 bits per heavy atom. The zero-order chi connectivity index (χ0) is 9.97. The van der Waals surface area contributed by atoms with Crippen molar-refractivity contribution in [2.75, 3.05) is 6.61 Å². The van der Waals surface area contributed by atoms with Gasteiger partial charge in [-0.3, -0.25) is 10.1 Å². The molecule has 1 heterocycles. The summed E-state index contributed by atoms with van der Waals surface area (Å²) in [5, 5.41) is 3.21. The third-order valence-corrected chi connectivity index (χ3v) is 2.40. The molecule has 1 aromatic carbocycles. The van der Waals surface area contributed by atoms with Crippen molar-refractivity contribution in [3.8, 4) is 0 Å². The predicted molar refractivity (Wildman–Crippen MR) is 52.7 cm³/mol. The van der Waals surface area contributed by atoms with Gasteiger partial charge in [-0.15, -0.1) is 0 Å². The fourth-order valence-corrected chi connectivity index (χ4v) is 1.59. The highest BCUT2D eigenvalue weighted by atomic mass is 16.5. The first-order valence-electron chi connectivity index (χ1n) is 4.75. The Bertz CT molecular complexity index is 323. The largest absolute Gasteiger partial charge is 0.463 e. The summed E-state index contributed by atoms with van der Waals surface area (Å²) in [6.45, 7) is 2.24. The van der Waals surface area contributed by atoms with Gasteiger partial charge in [-0.1, -0.05) is 30.3 Å². The number of morpholine rings is 1. The maximum Gasteiger partial charge on any atom is 0.322 e. The maximum absolute atomic E-state index is 11.1. The number of carbonyl (C=O) groups excluding carboxylic acids is 1. The monoisotopic (exact) mass is 191 g/mol. The second-order valence-electron chi connectivity index (χ2n) is 3.48. The number of esters is 1. The number of carbonyl (C=O) groups is 1. The summed E-state index contributed by atoms with van der Waals surface area (Å²) in [6.07, 6.45) is 0. The van der Waals surface area contributed by atoms with E-state index in [1.807, 2.05) is 37.3 Å². The molecule has 0 saturated carbocycles. The molecule has 0 aromatic heterocycles. The van der Waals surface area contributed by atoms with Gasteiger partial charge < -0.3 is 4.74 Å². The average Bonchev–Trinajstić information content (AvgIpc) is 2.23. The van der Waals surface area contributed by atoms with Gasteiger partial charge in [-0.25, -0.2) is 0 Å². The van der Waals surface area contributed by atoms with E-state index in [1.165, 1.54) is 0 Å². The quantitative estimate of drug-likeness (QED) is 0.679. The second kappa shape index (κ2) is 3.80. The van der Waals surface area contributed by atoms with Crippen LogP contribution in [0.5, 0.6) is 0 Å². The van der Waals surface area contributed by atoms with E-state index >= 15 is 0 Å². The van der Waals surface area contributed by atoms with E-state index in [4.69, 9.17) is 4.74 Å². The highest BCUT2D eigenvalue weighted by molar-refractivity contribution is 5.76. The van der Waals surface area contributed by atoms with E-state index in [1.54, 1.807) is 0 Å². The van der Waals surface area contributed by atoms with E-state index in [-0.39, 0.29) is 18.1 Å². The van der Waals surface area contributed by atoms with Crippen molar-refractivity contribution in [3.63, 3.8) is 0 Å². The van der Waals surface area contributed by atoms with Crippen molar-refractivity contribution in [2.45, 2.75) is 19.0 Å². The standard InChI is InChI=1S/C11H13NO2/c1-8-11(13)14-7-10(12-8)9-5-3-2-4-6-9/h2-6,8,10,12H,7H2,1H3. The second-order valence-corrected chi connectivity index (χ2v) is 3.48. The molecule has 1 fully saturated rings. The van der Waals surface area contributed by atoms with Crippen LogP contribution in [0.2, 0.25) is 0 Å². The van der Waals surface area contributed by atoms with Crippen LogP contribution in [0.25, 0.3) is 0 Å². The number of hydrogen-bond donors (Lipinski definition) is 1. The van der Waals surface area contributed by atoms with E-state index in [0.717, 1.165) is 5.56 Å². The van der Waals surface area contributed by atoms with Crippen LogP contribution < -0.4 is 5.32 Å². The van der Waals surface area contributed by atoms with Gasteiger partial charge in [0.15, 0.2) is 0 Å². The Labute approximate surface area is 83.1 Å². The maximum atomic E-state index is 11.1. The Morgan fingerprint density at radius 2 is 2.07 bits per heavy atom. The number of benzene rings is 1. The Hall–Kier alpha value is -1.35. The third kappa shape index (κ3) is 1.77. The molecule has 0 spiro atoms. The van der Waals surface area contributed by atoms with E-state index in [9.17, 15) is 4.79 Å². The van der Waals surface area contributed by atoms with Gasteiger partial charge in [-0.2, -0.15) is 0 Å². The molecule has 0 aliphatic carbocycles. The van der Waals surface area contributed by atoms with E-state index < -0.39 is 0 Å². The summed E-state index contributed by atoms with van der Waals surface area (Å²) < 4.78 is 5.06. The molecular formula is C11H13NO2. The molecule has 14 heavy (non-hydrogen) atoms. The summed E-state index contributed by atoms with van der Waals surface area (Å²) in [5.41, 5.74) is 1.16. The van der Waals surface area contributed by atoms with Crippen molar-refractivity contribution in [1.82, 2.24) is 5.32 Å². The fourth-order valence-electron chi connectivity index (χ4n) is 1.59. The molecule has 1 saturated heterocycles. The summed E-state index contributed by atoms with van der Waals surface area (Å²) in [4.78, 5) is 11.1. The molecule has 1 aliphatic heterocycles. The fraction of sp³-hybridized carbons (Fsp3) is 0.364. The Kier molecular flexibility index (Phi) is 2.50. The van der Waals surface area contributed by atoms with Crippen LogP contribution >= 0.6 is 0 Å². The normalized spacial score (nSPS) is 27.1. The smallest absolute Gasteiger partial charge is 0.322 e. The highest BCUT2D eigenvalue weighted by Gasteiger charge is 2.26. The van der Waals surface area contributed by atoms with Gasteiger partial charge in [-0.05, 0) is 12.5 Å². The van der Waals surface area contributed by atoms with Crippen LogP contribution in [0.4, 0.5) is 0 Å². The van der Waals surface area contributed by atoms with Gasteiger partial charge in [0, 0.05) is 0 Å². The van der Waals surface area contributed by atoms with Crippen molar-refractivity contribution in [1.29, 1.82) is 0 Å². The Balaban J connectivity index is 2.11. The van der Waals surface area contributed by atoms with Crippen molar-refractivity contribution >= 4 is 5.97 Å². The van der Waals surface area contributed by atoms with Crippen LogP contribution in [0.1, 0.15) is 18.5 Å². The molecular weight excluding hydrogens is 178 g/mol. The van der Waals surface area contributed by atoms with Crippen LogP contribution in [-0.4, -0.2) is 18.6 Å². The van der Waals surface area contributed by atoms with Crippen LogP contribution in [0.3, 0.4) is 0 Å². The summed E-state index contributed by atoms with van der Waals surface area (Å²) in [6, 6.07) is 9.92. The molecule has 0 amide bonds. The van der Waals surface area contributed by atoms with Gasteiger partial charge in [0.05, 0.1) is 6.04 Å². The topological polar surface area (TPSA) is 38.3 Å². The van der Waals surface area contributed by atoms with Gasteiger partial charge in [0.2, 0.25) is 0 Å². The lowest BCUT2D eigenvalue weighted by Gasteiger charge is -2.28. The van der Waals surface area contributed by atoms with E-state index in [2.05, 4.69) is 5.32 Å². The van der Waals surface area contributed by atoms with Gasteiger partial charge in [0.1, 0.15) is 12.6 Å². The zero-order valence-corrected chi connectivity index (χ0v) is 8.07. The molecule has 0 radical (unpaired) electrons. The van der Waals surface area contributed by atoms with Crippen molar-refractivity contribution < 1.29 is 9.53 Å². The molecule has 2 rings (SSSR count). The molecule has 2 atom stereocenters. The molecule has 1 N–H and O–H groups in total. The molecule has 3 nitrogen and oxygen atoms in total. The number of cyclic esters (lactones) is 1. The molecule has 0 bridgehead atoms. The van der Waals surface area contributed by atoms with Crippen molar-refractivity contribution in [3.05, 3.63) is 35.9 Å². The molecule has 3 heteroatoms. The van der Waals surface area contributed by atoms with Crippen molar-refractivity contribution in [2.24, 2.45) is 0 Å². The third-order valence-electron chi connectivity index (χ3n) is 2.40. The number of nitrogens with one attached hydrogen (secondary N) is 1. The lowest BCUT2D eigenvalue weighted by Crippen LogP contribution is -2.45. The molecule has 74 valence electrons. The molecule has 1 aliphatic rings. The molecule has 1 aromatic rings. The zero-order valence-electron chi connectivity index (χ0n) is 8.07. The summed E-state index contributed by atoms with van der Waals surface area (Å²) in [7, 11) is 0. The van der Waals surface area contributed by atoms with Crippen LogP contribution in [0, 0.1) is 0 Å². The predicted octanol–water partition coefficient (Wildman–Crippen LogP) is 1.26. The minimum absolute atomic E-state index is 0.129. The summed E-state index contributed by atoms with van der Waals surface area (Å²) in [5.74, 6) is -0.169. The average molecular weight is 191 g/mol. The first-order chi connectivity index (χ1) is 6.77. The number of hydrogen-bond acceptors (Lipinski definition) is 3. The SMILES string of the molecule is CC1NC(c2ccccc2)COC1=O. The molecule has 2 unspecified atom stereocenters. The number of ether oxygens (including phenoxy) is 1. The minimum atomic E-state index is -0.214. The van der Waals surface area contributed by atoms with E-state index in [0.29, 0.717) is 6.61 Å². The summed E-state index contributed by atoms with van der Waals surface area (Å²) >= 11 is 0. The Morgan fingerprint density at radius 1 is 1.36 bits per heavy atom. The highest BCUT2D eigenvalue weighted by Crippen LogP contribution is 2.17. The van der Waals surface area contributed by atoms with Crippen LogP contribution in [-0.2, 0) is 9.53 Å². The van der Waals surface area contributed by atoms with Crippen LogP contribution in [0.15, 0.2) is 30.3 Å². The lowest BCUT2D eigenvalue weighted by atomic mass is 10.1. The lowest BCUT2D eigenvalue weighted by molar-refractivity contribution is -0.151. The van der Waals surface area contributed by atoms with Gasteiger partial charge >= 0.3 is 5.97 Å². The number of rotatable bonds is 1. The first-order valence-corrected chi connectivity index (χ1v) is 4.75.